The van der Waals surface area contributed by atoms with E-state index in [1.165, 1.54) is 0 Å². The fourth-order valence-electron chi connectivity index (χ4n) is 2.06. The van der Waals surface area contributed by atoms with Gasteiger partial charge in [-0.15, -0.1) is 10.2 Å². The van der Waals surface area contributed by atoms with Crippen LogP contribution < -0.4 is 10.6 Å². The number of carbonyl (C=O) groups is 1. The maximum absolute atomic E-state index is 12.1. The Labute approximate surface area is 149 Å². The molecule has 1 heterocycles. The molecule has 0 spiro atoms. The molecule has 0 saturated heterocycles. The number of likely N-dealkylation sites (N-methyl/N-ethyl adjacent to an activating group) is 1. The number of aryl methyl sites for hydroxylation is 1. The highest BCUT2D eigenvalue weighted by atomic mass is 16.5. The van der Waals surface area contributed by atoms with Crippen molar-refractivity contribution in [3.63, 3.8) is 0 Å². The van der Waals surface area contributed by atoms with Crippen molar-refractivity contribution < 1.29 is 9.53 Å². The van der Waals surface area contributed by atoms with E-state index in [4.69, 9.17) is 4.74 Å². The summed E-state index contributed by atoms with van der Waals surface area (Å²) in [4.78, 5) is 18.5. The molecule has 2 N–H and O–H groups in total. The molecule has 25 heavy (non-hydrogen) atoms. The van der Waals surface area contributed by atoms with Crippen LogP contribution in [-0.4, -0.2) is 70.9 Å². The molecular formula is C16H31N7O2. The van der Waals surface area contributed by atoms with Crippen LogP contribution in [0.15, 0.2) is 4.99 Å². The number of methoxy groups -OCH3 is 1. The van der Waals surface area contributed by atoms with Crippen LogP contribution in [-0.2, 0) is 23.1 Å². The molecule has 1 amide bonds. The molecule has 9 nitrogen and oxygen atoms in total. The Balaban J connectivity index is 2.78. The lowest BCUT2D eigenvalue weighted by Crippen LogP contribution is -2.49. The molecule has 0 bridgehead atoms. The highest BCUT2D eigenvalue weighted by Crippen LogP contribution is 2.01. The number of carbonyl (C=O) groups excluding carboxylic acids is 1. The minimum Gasteiger partial charge on any atom is -0.383 e. The zero-order valence-corrected chi connectivity index (χ0v) is 16.4. The van der Waals surface area contributed by atoms with Crippen LogP contribution in [0.3, 0.4) is 0 Å². The summed E-state index contributed by atoms with van der Waals surface area (Å²) in [5, 5.41) is 14.3. The van der Waals surface area contributed by atoms with Crippen LogP contribution in [0.4, 0.5) is 0 Å². The smallest absolute Gasteiger partial charge is 0.240 e. The first-order chi connectivity index (χ1) is 11.6. The Bertz CT molecular complexity index is 590. The summed E-state index contributed by atoms with van der Waals surface area (Å²) in [6.45, 7) is 9.46. The second-order valence-corrected chi connectivity index (χ2v) is 6.94. The third kappa shape index (κ3) is 7.51. The normalized spacial score (nSPS) is 12.2. The number of nitrogens with zero attached hydrogens (tertiary/aromatic N) is 5. The molecule has 1 rings (SSSR count). The van der Waals surface area contributed by atoms with Gasteiger partial charge in [-0.05, 0) is 27.7 Å². The van der Waals surface area contributed by atoms with Gasteiger partial charge in [0.05, 0.1) is 13.2 Å². The summed E-state index contributed by atoms with van der Waals surface area (Å²) in [6, 6.07) is 0. The molecule has 0 fully saturated rings. The van der Waals surface area contributed by atoms with Crippen molar-refractivity contribution in [2.45, 2.75) is 39.8 Å². The predicted octanol–water partition coefficient (Wildman–Crippen LogP) is 0.0620. The molecule has 142 valence electrons. The molecule has 0 atom stereocenters. The number of guanidine groups is 1. The molecule has 0 radical (unpaired) electrons. The van der Waals surface area contributed by atoms with E-state index in [0.29, 0.717) is 25.7 Å². The Morgan fingerprint density at radius 1 is 1.36 bits per heavy atom. The Morgan fingerprint density at radius 2 is 2.04 bits per heavy atom. The fourth-order valence-corrected chi connectivity index (χ4v) is 2.06. The number of hydrogen-bond donors (Lipinski definition) is 2. The molecule has 1 aromatic heterocycles. The van der Waals surface area contributed by atoms with E-state index in [9.17, 15) is 4.79 Å². The van der Waals surface area contributed by atoms with Crippen molar-refractivity contribution in [3.8, 4) is 0 Å². The Morgan fingerprint density at radius 3 is 2.56 bits per heavy atom. The molecule has 0 saturated carbocycles. The predicted molar refractivity (Wildman–Crippen MR) is 97.3 cm³/mol. The average Bonchev–Trinajstić information content (AvgIpc) is 2.80. The van der Waals surface area contributed by atoms with E-state index in [-0.39, 0.29) is 18.0 Å². The highest BCUT2D eigenvalue weighted by molar-refractivity contribution is 5.86. The summed E-state index contributed by atoms with van der Waals surface area (Å²) in [6.07, 6.45) is 0. The largest absolute Gasteiger partial charge is 0.383 e. The van der Waals surface area contributed by atoms with Crippen molar-refractivity contribution in [1.29, 1.82) is 0 Å². The minimum absolute atomic E-state index is 0.0641. The zero-order valence-electron chi connectivity index (χ0n) is 16.4. The van der Waals surface area contributed by atoms with Crippen LogP contribution >= 0.6 is 0 Å². The van der Waals surface area contributed by atoms with Crippen LogP contribution in [0.5, 0.6) is 0 Å². The quantitative estimate of drug-likeness (QED) is 0.409. The van der Waals surface area contributed by atoms with Crippen molar-refractivity contribution in [2.24, 2.45) is 12.0 Å². The standard InChI is InChI=1S/C16H31N7O2/c1-12-20-21-13(23(12)6)10-18-15(17-8-9-25-7)22(5)11-14(24)19-16(2,3)4/h8-11H2,1-7H3,(H,17,18)(H,19,24). The van der Waals surface area contributed by atoms with Gasteiger partial charge in [-0.3, -0.25) is 4.79 Å². The number of ether oxygens (including phenoxy) is 1. The number of amides is 1. The lowest BCUT2D eigenvalue weighted by molar-refractivity contribution is -0.122. The van der Waals surface area contributed by atoms with Gasteiger partial charge in [0.15, 0.2) is 11.8 Å². The molecule has 0 aliphatic carbocycles. The zero-order chi connectivity index (χ0) is 19.0. The maximum atomic E-state index is 12.1. The summed E-state index contributed by atoms with van der Waals surface area (Å²) >= 11 is 0. The van der Waals surface area contributed by atoms with Gasteiger partial charge in [-0.2, -0.15) is 0 Å². The number of aromatic nitrogens is 3. The Kier molecular flexibility index (Phi) is 7.82. The third-order valence-corrected chi connectivity index (χ3v) is 3.40. The first-order valence-electron chi connectivity index (χ1n) is 8.28. The van der Waals surface area contributed by atoms with E-state index in [2.05, 4.69) is 25.8 Å². The van der Waals surface area contributed by atoms with Crippen LogP contribution in [0.25, 0.3) is 0 Å². The van der Waals surface area contributed by atoms with Gasteiger partial charge in [0.25, 0.3) is 0 Å². The third-order valence-electron chi connectivity index (χ3n) is 3.40. The van der Waals surface area contributed by atoms with Crippen molar-refractivity contribution in [1.82, 2.24) is 30.3 Å². The molecule has 0 aliphatic rings. The van der Waals surface area contributed by atoms with E-state index >= 15 is 0 Å². The van der Waals surface area contributed by atoms with E-state index < -0.39 is 0 Å². The topological polar surface area (TPSA) is 96.7 Å². The first-order valence-corrected chi connectivity index (χ1v) is 8.28. The SMILES string of the molecule is COCCNC(=NCc1nnc(C)n1C)N(C)CC(=O)NC(C)(C)C. The maximum Gasteiger partial charge on any atom is 0.240 e. The average molecular weight is 353 g/mol. The van der Waals surface area contributed by atoms with Gasteiger partial charge >= 0.3 is 0 Å². The van der Waals surface area contributed by atoms with Gasteiger partial charge < -0.3 is 24.8 Å². The minimum atomic E-state index is -0.269. The van der Waals surface area contributed by atoms with E-state index in [1.54, 1.807) is 12.0 Å². The van der Waals surface area contributed by atoms with Gasteiger partial charge in [0.2, 0.25) is 5.91 Å². The second-order valence-electron chi connectivity index (χ2n) is 6.94. The van der Waals surface area contributed by atoms with Crippen LogP contribution in [0, 0.1) is 6.92 Å². The number of hydrogen-bond acceptors (Lipinski definition) is 5. The van der Waals surface area contributed by atoms with E-state index in [0.717, 1.165) is 11.6 Å². The van der Waals surface area contributed by atoms with Crippen molar-refractivity contribution in [2.75, 3.05) is 33.9 Å². The summed E-state index contributed by atoms with van der Waals surface area (Å²) in [7, 11) is 5.36. The lowest BCUT2D eigenvalue weighted by Gasteiger charge is -2.25. The molecule has 0 aromatic carbocycles. The number of aliphatic imine (C=N–C) groups is 1. The summed E-state index contributed by atoms with van der Waals surface area (Å²) in [5.41, 5.74) is -0.269. The highest BCUT2D eigenvalue weighted by Gasteiger charge is 2.17. The summed E-state index contributed by atoms with van der Waals surface area (Å²) in [5.74, 6) is 2.14. The van der Waals surface area contributed by atoms with Crippen molar-refractivity contribution >= 4 is 11.9 Å². The first kappa shape index (κ1) is 20.9. The van der Waals surface area contributed by atoms with Crippen molar-refractivity contribution in [3.05, 3.63) is 11.6 Å². The fraction of sp³-hybridized carbons (Fsp3) is 0.750. The number of nitrogens with one attached hydrogen (secondary N) is 2. The summed E-state index contributed by atoms with van der Waals surface area (Å²) < 4.78 is 6.95. The molecular weight excluding hydrogens is 322 g/mol. The van der Waals surface area contributed by atoms with Crippen LogP contribution in [0.2, 0.25) is 0 Å². The van der Waals surface area contributed by atoms with Gasteiger partial charge in [-0.1, -0.05) is 0 Å². The van der Waals surface area contributed by atoms with Crippen LogP contribution in [0.1, 0.15) is 32.4 Å². The van der Waals surface area contributed by atoms with Gasteiger partial charge in [-0.25, -0.2) is 4.99 Å². The molecule has 9 heteroatoms. The molecule has 1 aromatic rings. The van der Waals surface area contributed by atoms with Gasteiger partial charge in [0.1, 0.15) is 12.4 Å². The number of rotatable bonds is 7. The Hall–Kier alpha value is -2.16. The monoisotopic (exact) mass is 353 g/mol. The molecule has 0 aliphatic heterocycles. The lowest BCUT2D eigenvalue weighted by atomic mass is 10.1. The van der Waals surface area contributed by atoms with Gasteiger partial charge in [0, 0.05) is 33.3 Å². The second kappa shape index (κ2) is 9.36. The van der Waals surface area contributed by atoms with E-state index in [1.807, 2.05) is 46.4 Å². The molecule has 0 unspecified atom stereocenters.